The van der Waals surface area contributed by atoms with Gasteiger partial charge in [-0.3, -0.25) is 4.79 Å². The molecule has 2 aromatic rings. The smallest absolute Gasteiger partial charge is 0.258 e. The van der Waals surface area contributed by atoms with Gasteiger partial charge in [0.1, 0.15) is 0 Å². The molecule has 1 amide bonds. The van der Waals surface area contributed by atoms with Gasteiger partial charge in [0.05, 0.1) is 5.69 Å². The fraction of sp³-hybridized carbons (Fsp3) is 0.522. The zero-order valence-electron chi connectivity index (χ0n) is 16.8. The van der Waals surface area contributed by atoms with Crippen LogP contribution in [0.5, 0.6) is 5.88 Å². The van der Waals surface area contributed by atoms with E-state index < -0.39 is 0 Å². The van der Waals surface area contributed by atoms with Gasteiger partial charge in [-0.1, -0.05) is 42.1 Å². The fourth-order valence-electron chi connectivity index (χ4n) is 6.06. The topological polar surface area (TPSA) is 64.1 Å². The third-order valence-electron chi connectivity index (χ3n) is 6.73. The molecule has 6 heteroatoms. The van der Waals surface area contributed by atoms with Crippen LogP contribution in [0.4, 0.5) is 0 Å². The lowest BCUT2D eigenvalue weighted by molar-refractivity contribution is -0.128. The van der Waals surface area contributed by atoms with Crippen LogP contribution < -0.4 is 10.1 Å². The Morgan fingerprint density at radius 3 is 2.38 bits per heavy atom. The lowest BCUT2D eigenvalue weighted by Crippen LogP contribution is -2.60. The minimum atomic E-state index is -0.0301. The molecule has 4 aliphatic carbocycles. The number of nitrogens with zero attached hydrogens (tertiary/aromatic N) is 2. The standard InChI is InChI=1S/C23H27N3O2S/c1-29-22-24-19(18-5-3-2-4-6-18)10-21(25-22)28-14-20(27)26-23-11-15-7-16(12-23)9-17(8-15)13-23/h2-6,10,15-17H,7-9,11-14H2,1H3,(H,26,27). The minimum Gasteiger partial charge on any atom is -0.467 e. The highest BCUT2D eigenvalue weighted by molar-refractivity contribution is 7.98. The van der Waals surface area contributed by atoms with E-state index in [-0.39, 0.29) is 18.1 Å². The molecule has 0 unspecified atom stereocenters. The average molecular weight is 410 g/mol. The summed E-state index contributed by atoms with van der Waals surface area (Å²) in [7, 11) is 0. The number of aromatic nitrogens is 2. The van der Waals surface area contributed by atoms with Crippen molar-refractivity contribution in [1.29, 1.82) is 0 Å². The first kappa shape index (κ1) is 18.9. The van der Waals surface area contributed by atoms with Gasteiger partial charge < -0.3 is 10.1 Å². The Morgan fingerprint density at radius 2 is 1.76 bits per heavy atom. The van der Waals surface area contributed by atoms with Crippen molar-refractivity contribution in [3.8, 4) is 17.1 Å². The summed E-state index contributed by atoms with van der Waals surface area (Å²) in [5.41, 5.74) is 1.83. The van der Waals surface area contributed by atoms with Crippen LogP contribution in [-0.4, -0.2) is 34.3 Å². The molecule has 4 bridgehead atoms. The van der Waals surface area contributed by atoms with E-state index in [1.54, 1.807) is 0 Å². The second kappa shape index (κ2) is 7.63. The molecule has 152 valence electrons. The van der Waals surface area contributed by atoms with Gasteiger partial charge >= 0.3 is 0 Å². The number of nitrogens with one attached hydrogen (secondary N) is 1. The monoisotopic (exact) mass is 409 g/mol. The molecule has 1 aromatic carbocycles. The first-order valence-electron chi connectivity index (χ1n) is 10.5. The number of thioether (sulfide) groups is 1. The number of hydrogen-bond acceptors (Lipinski definition) is 5. The van der Waals surface area contributed by atoms with E-state index in [9.17, 15) is 4.79 Å². The summed E-state index contributed by atoms with van der Waals surface area (Å²) in [4.78, 5) is 21.7. The van der Waals surface area contributed by atoms with Crippen molar-refractivity contribution in [2.24, 2.45) is 17.8 Å². The van der Waals surface area contributed by atoms with Gasteiger partial charge in [-0.05, 0) is 62.5 Å². The van der Waals surface area contributed by atoms with E-state index in [1.807, 2.05) is 42.7 Å². The second-order valence-corrected chi connectivity index (χ2v) is 9.75. The molecule has 1 heterocycles. The van der Waals surface area contributed by atoms with Crippen LogP contribution in [0.15, 0.2) is 41.6 Å². The number of amides is 1. The molecule has 0 radical (unpaired) electrons. The van der Waals surface area contributed by atoms with Gasteiger partial charge in [-0.25, -0.2) is 4.98 Å². The molecular weight excluding hydrogens is 382 g/mol. The summed E-state index contributed by atoms with van der Waals surface area (Å²) in [5, 5.41) is 4.00. The highest BCUT2D eigenvalue weighted by Crippen LogP contribution is 2.55. The van der Waals surface area contributed by atoms with Gasteiger partial charge in [0.25, 0.3) is 5.91 Å². The maximum atomic E-state index is 12.7. The largest absolute Gasteiger partial charge is 0.467 e. The Kier molecular flexibility index (Phi) is 4.98. The highest BCUT2D eigenvalue weighted by atomic mass is 32.2. The third kappa shape index (κ3) is 4.00. The molecule has 0 spiro atoms. The van der Waals surface area contributed by atoms with E-state index in [0.29, 0.717) is 11.0 Å². The summed E-state index contributed by atoms with van der Waals surface area (Å²) >= 11 is 1.47. The van der Waals surface area contributed by atoms with E-state index in [1.165, 1.54) is 31.0 Å². The Balaban J connectivity index is 1.26. The number of carbonyl (C=O) groups is 1. The molecule has 29 heavy (non-hydrogen) atoms. The molecule has 6 rings (SSSR count). The summed E-state index contributed by atoms with van der Waals surface area (Å²) in [6, 6.07) is 11.8. The fourth-order valence-corrected chi connectivity index (χ4v) is 6.43. The second-order valence-electron chi connectivity index (χ2n) is 8.98. The first-order valence-corrected chi connectivity index (χ1v) is 11.8. The Hall–Kier alpha value is -2.08. The third-order valence-corrected chi connectivity index (χ3v) is 7.28. The lowest BCUT2D eigenvalue weighted by atomic mass is 9.53. The minimum absolute atomic E-state index is 0.000808. The molecular formula is C23H27N3O2S. The van der Waals surface area contributed by atoms with Gasteiger partial charge in [-0.2, -0.15) is 4.98 Å². The van der Waals surface area contributed by atoms with Crippen molar-refractivity contribution in [1.82, 2.24) is 15.3 Å². The summed E-state index contributed by atoms with van der Waals surface area (Å²) < 4.78 is 5.81. The van der Waals surface area contributed by atoms with E-state index in [0.717, 1.165) is 48.3 Å². The summed E-state index contributed by atoms with van der Waals surface area (Å²) in [5.74, 6) is 2.84. The van der Waals surface area contributed by atoms with Crippen LogP contribution in [0.1, 0.15) is 38.5 Å². The van der Waals surface area contributed by atoms with E-state index in [4.69, 9.17) is 4.74 Å². The molecule has 4 aliphatic rings. The first-order chi connectivity index (χ1) is 14.1. The van der Waals surface area contributed by atoms with E-state index in [2.05, 4.69) is 15.3 Å². The van der Waals surface area contributed by atoms with Crippen LogP contribution in [0.3, 0.4) is 0 Å². The van der Waals surface area contributed by atoms with Crippen LogP contribution in [-0.2, 0) is 4.79 Å². The Bertz CT molecular complexity index is 867. The summed E-state index contributed by atoms with van der Waals surface area (Å²) in [6.45, 7) is 0.000808. The predicted molar refractivity (Wildman–Crippen MR) is 114 cm³/mol. The van der Waals surface area contributed by atoms with Crippen molar-refractivity contribution in [3.05, 3.63) is 36.4 Å². The molecule has 0 aliphatic heterocycles. The summed E-state index contributed by atoms with van der Waals surface area (Å²) in [6.07, 6.45) is 9.48. The Labute approximate surface area is 176 Å². The Morgan fingerprint density at radius 1 is 1.10 bits per heavy atom. The number of hydrogen-bond donors (Lipinski definition) is 1. The quantitative estimate of drug-likeness (QED) is 0.568. The van der Waals surface area contributed by atoms with Crippen molar-refractivity contribution >= 4 is 17.7 Å². The molecule has 4 saturated carbocycles. The SMILES string of the molecule is CSc1nc(OCC(=O)NC23CC4CC(CC(C4)C2)C3)cc(-c2ccccc2)n1. The van der Waals surface area contributed by atoms with Crippen molar-refractivity contribution in [2.75, 3.05) is 12.9 Å². The van der Waals surface area contributed by atoms with Crippen LogP contribution in [0.2, 0.25) is 0 Å². The lowest BCUT2D eigenvalue weighted by Gasteiger charge is -2.56. The maximum absolute atomic E-state index is 12.7. The number of ether oxygens (including phenoxy) is 1. The van der Waals surface area contributed by atoms with Gasteiger partial charge in [0, 0.05) is 17.2 Å². The van der Waals surface area contributed by atoms with Gasteiger partial charge in [0.15, 0.2) is 11.8 Å². The zero-order valence-corrected chi connectivity index (χ0v) is 17.6. The molecule has 0 saturated heterocycles. The number of rotatable bonds is 6. The molecule has 5 nitrogen and oxygen atoms in total. The van der Waals surface area contributed by atoms with Crippen LogP contribution in [0, 0.1) is 17.8 Å². The molecule has 1 N–H and O–H groups in total. The molecule has 4 fully saturated rings. The van der Waals surface area contributed by atoms with Gasteiger partial charge in [-0.15, -0.1) is 0 Å². The average Bonchev–Trinajstić information content (AvgIpc) is 2.71. The number of carbonyl (C=O) groups excluding carboxylic acids is 1. The van der Waals surface area contributed by atoms with Crippen molar-refractivity contribution in [3.63, 3.8) is 0 Å². The maximum Gasteiger partial charge on any atom is 0.258 e. The van der Waals surface area contributed by atoms with Gasteiger partial charge in [0.2, 0.25) is 5.88 Å². The van der Waals surface area contributed by atoms with E-state index >= 15 is 0 Å². The van der Waals surface area contributed by atoms with Crippen molar-refractivity contribution in [2.45, 2.75) is 49.2 Å². The normalized spacial score (nSPS) is 29.6. The highest BCUT2D eigenvalue weighted by Gasteiger charge is 2.51. The molecule has 1 aromatic heterocycles. The number of benzene rings is 1. The van der Waals surface area contributed by atoms with Crippen LogP contribution >= 0.6 is 11.8 Å². The predicted octanol–water partition coefficient (Wildman–Crippen LogP) is 4.33. The molecule has 0 atom stereocenters. The zero-order chi connectivity index (χ0) is 19.8. The van der Waals surface area contributed by atoms with Crippen LogP contribution in [0.25, 0.3) is 11.3 Å². The van der Waals surface area contributed by atoms with Crippen molar-refractivity contribution < 1.29 is 9.53 Å².